The molecule has 0 aliphatic rings. The van der Waals surface area contributed by atoms with E-state index in [0.717, 1.165) is 16.7 Å². The van der Waals surface area contributed by atoms with Crippen molar-refractivity contribution in [2.24, 2.45) is 0 Å². The van der Waals surface area contributed by atoms with Gasteiger partial charge in [-0.25, -0.2) is 4.98 Å². The van der Waals surface area contributed by atoms with Gasteiger partial charge in [0.05, 0.1) is 17.7 Å². The first-order valence-corrected chi connectivity index (χ1v) is 10.2. The van der Waals surface area contributed by atoms with Crippen molar-refractivity contribution in [2.45, 2.75) is 20.5 Å². The number of fused-ring (bicyclic) bond motifs is 1. The summed E-state index contributed by atoms with van der Waals surface area (Å²) >= 11 is -0.750. The van der Waals surface area contributed by atoms with Crippen LogP contribution in [0.2, 0.25) is 0 Å². The molecular formula is C23H20N2O6S. The minimum absolute atomic E-state index is 0.199. The Kier molecular flexibility index (Phi) is 7.48. The largest absolute Gasteiger partial charge is 0.461 e. The van der Waals surface area contributed by atoms with Gasteiger partial charge in [-0.2, -0.15) is 8.42 Å². The molecule has 0 saturated carbocycles. The molecule has 0 unspecified atom stereocenters. The number of pyridine rings is 1. The fourth-order valence-corrected chi connectivity index (χ4v) is 3.01. The van der Waals surface area contributed by atoms with Crippen LogP contribution in [0.1, 0.15) is 27.4 Å². The number of furan rings is 1. The second-order valence-corrected chi connectivity index (χ2v) is 6.99. The predicted octanol–water partition coefficient (Wildman–Crippen LogP) is 4.31. The molecule has 4 aromatic rings. The van der Waals surface area contributed by atoms with Gasteiger partial charge in [0.1, 0.15) is 28.7 Å². The number of nitrogens with zero attached hydrogens (tertiary/aromatic N) is 1. The van der Waals surface area contributed by atoms with Gasteiger partial charge in [0.25, 0.3) is 5.91 Å². The maximum Gasteiger partial charge on any atom is 0.335 e. The number of hydrogen-bond donors (Lipinski definition) is 2. The molecule has 4 rings (SSSR count). The number of hydrogen-bond acceptors (Lipinski definition) is 7. The molecule has 1 amide bonds. The number of benzene rings is 2. The monoisotopic (exact) mass is 452 g/mol. The van der Waals surface area contributed by atoms with Crippen LogP contribution in [0.15, 0.2) is 65.1 Å². The highest BCUT2D eigenvalue weighted by molar-refractivity contribution is 7.51. The first-order valence-electron chi connectivity index (χ1n) is 9.52. The molecule has 0 aliphatic heterocycles. The summed E-state index contributed by atoms with van der Waals surface area (Å²) in [5.41, 5.74) is 2.55. The van der Waals surface area contributed by atoms with Crippen LogP contribution in [-0.4, -0.2) is 24.4 Å². The molecule has 0 aliphatic carbocycles. The normalized spacial score (nSPS) is 10.2. The zero-order valence-corrected chi connectivity index (χ0v) is 18.1. The summed E-state index contributed by atoms with van der Waals surface area (Å²) in [6, 6.07) is 18.0. The van der Waals surface area contributed by atoms with Crippen LogP contribution in [0.25, 0.3) is 11.0 Å². The fourth-order valence-electron chi connectivity index (χ4n) is 3.01. The number of carbonyl (C=O) groups excluding carboxylic acids is 1. The molecule has 0 fully saturated rings. The van der Waals surface area contributed by atoms with Crippen molar-refractivity contribution in [1.82, 2.24) is 4.98 Å². The first-order chi connectivity index (χ1) is 15.4. The van der Waals surface area contributed by atoms with Crippen LogP contribution >= 0.6 is 0 Å². The van der Waals surface area contributed by atoms with Gasteiger partial charge >= 0.3 is 11.6 Å². The molecule has 2 aromatic carbocycles. The Morgan fingerprint density at radius 2 is 1.81 bits per heavy atom. The van der Waals surface area contributed by atoms with E-state index in [1.807, 2.05) is 44.2 Å². The van der Waals surface area contributed by atoms with E-state index in [2.05, 4.69) is 10.3 Å². The van der Waals surface area contributed by atoms with Gasteiger partial charge in [-0.3, -0.25) is 4.79 Å². The van der Waals surface area contributed by atoms with Gasteiger partial charge in [0.15, 0.2) is 0 Å². The summed E-state index contributed by atoms with van der Waals surface area (Å²) in [6.07, 6.45) is 0. The highest BCUT2D eigenvalue weighted by atomic mass is 32.1. The van der Waals surface area contributed by atoms with Crippen molar-refractivity contribution in [2.75, 3.05) is 5.32 Å². The Morgan fingerprint density at radius 1 is 1.09 bits per heavy atom. The summed E-state index contributed by atoms with van der Waals surface area (Å²) < 4.78 is 28.4. The predicted molar refractivity (Wildman–Crippen MR) is 119 cm³/mol. The second-order valence-electron chi connectivity index (χ2n) is 6.85. The quantitative estimate of drug-likeness (QED) is 0.463. The van der Waals surface area contributed by atoms with Crippen LogP contribution in [0.4, 0.5) is 5.82 Å². The van der Waals surface area contributed by atoms with Crippen molar-refractivity contribution in [1.29, 1.82) is 0 Å². The zero-order chi connectivity index (χ0) is 23.1. The number of nitrogens with one attached hydrogen (secondary N) is 1. The molecule has 164 valence electrons. The number of anilines is 1. The van der Waals surface area contributed by atoms with Gasteiger partial charge in [-0.15, -0.1) is 0 Å². The van der Waals surface area contributed by atoms with E-state index in [1.165, 1.54) is 0 Å². The molecule has 0 spiro atoms. The molecule has 8 nitrogen and oxygen atoms in total. The lowest BCUT2D eigenvalue weighted by Crippen LogP contribution is -2.13. The highest BCUT2D eigenvalue weighted by Gasteiger charge is 2.16. The molecule has 0 atom stereocenters. The fraction of sp³-hybridized carbons (Fsp3) is 0.130. The standard InChI is InChI=1S/C23H20N2O4.O2S/c1-14-6-8-18(9-7-14)29-21-12-16(11-20-19(21)10-15(2)28-20)23(27)25-22-5-3-4-17(13-26)24-22;1-3-2/h3-12,26H,13H2,1-2H3,(H,24,25,27);. The number of aromatic nitrogens is 1. The van der Waals surface area contributed by atoms with Crippen LogP contribution in [0.3, 0.4) is 0 Å². The second kappa shape index (κ2) is 10.5. The van der Waals surface area contributed by atoms with E-state index in [9.17, 15) is 9.90 Å². The Morgan fingerprint density at radius 3 is 2.50 bits per heavy atom. The lowest BCUT2D eigenvalue weighted by atomic mass is 10.1. The summed E-state index contributed by atoms with van der Waals surface area (Å²) in [4.78, 5) is 17.0. The third kappa shape index (κ3) is 5.65. The summed E-state index contributed by atoms with van der Waals surface area (Å²) in [5, 5.41) is 12.8. The number of ether oxygens (including phenoxy) is 1. The lowest BCUT2D eigenvalue weighted by Gasteiger charge is -2.10. The van der Waals surface area contributed by atoms with Gasteiger partial charge in [0.2, 0.25) is 0 Å². The molecule has 0 saturated heterocycles. The number of amides is 1. The molecule has 0 bridgehead atoms. The first kappa shape index (κ1) is 22.9. The van der Waals surface area contributed by atoms with Crippen molar-refractivity contribution in [3.05, 3.63) is 83.2 Å². The number of carbonyl (C=O) groups is 1. The topological polar surface area (TPSA) is 119 Å². The van der Waals surface area contributed by atoms with Crippen molar-refractivity contribution in [3.63, 3.8) is 0 Å². The van der Waals surface area contributed by atoms with Crippen molar-refractivity contribution in [3.8, 4) is 11.5 Å². The van der Waals surface area contributed by atoms with Crippen molar-refractivity contribution < 1.29 is 27.5 Å². The average molecular weight is 452 g/mol. The van der Waals surface area contributed by atoms with Crippen LogP contribution in [0.5, 0.6) is 11.5 Å². The van der Waals surface area contributed by atoms with Crippen LogP contribution in [-0.2, 0) is 18.2 Å². The molecule has 9 heteroatoms. The number of aliphatic hydroxyl groups is 1. The number of rotatable bonds is 5. The SMILES string of the molecule is Cc1ccc(Oc2cc(C(=O)Nc3cccc(CO)n3)cc3oc(C)cc23)cc1.O=S=O. The van der Waals surface area contributed by atoms with Crippen molar-refractivity contribution >= 4 is 34.3 Å². The van der Waals surface area contributed by atoms with E-state index in [0.29, 0.717) is 34.2 Å². The van der Waals surface area contributed by atoms with E-state index in [-0.39, 0.29) is 12.5 Å². The summed E-state index contributed by atoms with van der Waals surface area (Å²) in [7, 11) is 0. The van der Waals surface area contributed by atoms with Gasteiger partial charge in [-0.05, 0) is 56.3 Å². The Bertz CT molecular complexity index is 1280. The van der Waals surface area contributed by atoms with E-state index in [1.54, 1.807) is 30.3 Å². The molecule has 2 N–H and O–H groups in total. The molecular weight excluding hydrogens is 432 g/mol. The van der Waals surface area contributed by atoms with Crippen LogP contribution in [0, 0.1) is 13.8 Å². The molecule has 0 radical (unpaired) electrons. The minimum Gasteiger partial charge on any atom is -0.461 e. The Balaban J connectivity index is 0.000000913. The Labute approximate surface area is 187 Å². The lowest BCUT2D eigenvalue weighted by molar-refractivity contribution is 0.102. The smallest absolute Gasteiger partial charge is 0.335 e. The molecule has 32 heavy (non-hydrogen) atoms. The maximum absolute atomic E-state index is 12.8. The van der Waals surface area contributed by atoms with Crippen LogP contribution < -0.4 is 10.1 Å². The Hall–Kier alpha value is -3.82. The average Bonchev–Trinajstić information content (AvgIpc) is 3.16. The third-order valence-corrected chi connectivity index (χ3v) is 4.44. The third-order valence-electron chi connectivity index (χ3n) is 4.44. The van der Waals surface area contributed by atoms with Gasteiger partial charge in [-0.1, -0.05) is 23.8 Å². The summed E-state index contributed by atoms with van der Waals surface area (Å²) in [5.74, 6) is 1.94. The van der Waals surface area contributed by atoms with E-state index < -0.39 is 11.6 Å². The van der Waals surface area contributed by atoms with Gasteiger partial charge < -0.3 is 19.6 Å². The highest BCUT2D eigenvalue weighted by Crippen LogP contribution is 2.34. The van der Waals surface area contributed by atoms with Gasteiger partial charge in [0, 0.05) is 5.56 Å². The maximum atomic E-state index is 12.8. The number of aryl methyl sites for hydroxylation is 2. The zero-order valence-electron chi connectivity index (χ0n) is 17.3. The minimum atomic E-state index is -0.750. The van der Waals surface area contributed by atoms with E-state index in [4.69, 9.17) is 17.6 Å². The van der Waals surface area contributed by atoms with E-state index >= 15 is 0 Å². The molecule has 2 heterocycles. The molecule has 2 aromatic heterocycles. The number of aliphatic hydroxyl groups excluding tert-OH is 1. The summed E-state index contributed by atoms with van der Waals surface area (Å²) in [6.45, 7) is 3.65.